The summed E-state index contributed by atoms with van der Waals surface area (Å²) in [6.45, 7) is 2.77. The van der Waals surface area contributed by atoms with E-state index in [1.54, 1.807) is 18.3 Å². The van der Waals surface area contributed by atoms with Gasteiger partial charge in [-0.3, -0.25) is 0 Å². The third-order valence-corrected chi connectivity index (χ3v) is 3.48. The van der Waals surface area contributed by atoms with Crippen molar-refractivity contribution in [3.05, 3.63) is 41.6 Å². The van der Waals surface area contributed by atoms with Gasteiger partial charge in [-0.15, -0.1) is 13.2 Å². The molecule has 1 atom stereocenters. The smallest absolute Gasteiger partial charge is 0.406 e. The first-order chi connectivity index (χ1) is 9.94. The van der Waals surface area contributed by atoms with Crippen molar-refractivity contribution >= 4 is 5.82 Å². The topological polar surface area (TPSA) is 39.1 Å². The Bertz CT molecular complexity index is 634. The Kier molecular flexibility index (Phi) is 3.27. The zero-order valence-corrected chi connectivity index (χ0v) is 11.3. The SMILES string of the molecule is Cc1cnn2c1NCCC2c1ccc(OC(F)(F)F)cc1. The van der Waals surface area contributed by atoms with E-state index in [9.17, 15) is 13.2 Å². The summed E-state index contributed by atoms with van der Waals surface area (Å²) in [5, 5.41) is 7.62. The third kappa shape index (κ3) is 2.81. The summed E-state index contributed by atoms with van der Waals surface area (Å²) >= 11 is 0. The van der Waals surface area contributed by atoms with Crippen LogP contribution >= 0.6 is 0 Å². The van der Waals surface area contributed by atoms with Crippen LogP contribution in [0.15, 0.2) is 30.5 Å². The Labute approximate surface area is 119 Å². The van der Waals surface area contributed by atoms with Gasteiger partial charge in [-0.2, -0.15) is 5.10 Å². The van der Waals surface area contributed by atoms with Crippen LogP contribution in [0.5, 0.6) is 5.75 Å². The first kappa shape index (κ1) is 13.8. The molecular weight excluding hydrogens is 283 g/mol. The lowest BCUT2D eigenvalue weighted by Crippen LogP contribution is -2.24. The van der Waals surface area contributed by atoms with E-state index in [1.807, 2.05) is 11.6 Å². The molecule has 0 amide bonds. The molecule has 1 N–H and O–H groups in total. The number of fused-ring (bicyclic) bond motifs is 1. The number of nitrogens with one attached hydrogen (secondary N) is 1. The Morgan fingerprint density at radius 1 is 1.29 bits per heavy atom. The average molecular weight is 297 g/mol. The van der Waals surface area contributed by atoms with E-state index < -0.39 is 6.36 Å². The predicted octanol–water partition coefficient (Wildman–Crippen LogP) is 3.50. The van der Waals surface area contributed by atoms with Crippen LogP contribution in [0.25, 0.3) is 0 Å². The molecule has 3 rings (SSSR count). The monoisotopic (exact) mass is 297 g/mol. The summed E-state index contributed by atoms with van der Waals surface area (Å²) in [5.41, 5.74) is 1.96. The van der Waals surface area contributed by atoms with Gasteiger partial charge >= 0.3 is 6.36 Å². The summed E-state index contributed by atoms with van der Waals surface area (Å²) in [6.07, 6.45) is -2.06. The molecule has 2 heterocycles. The lowest BCUT2D eigenvalue weighted by Gasteiger charge is -2.26. The number of ether oxygens (including phenoxy) is 1. The van der Waals surface area contributed by atoms with Gasteiger partial charge in [0.25, 0.3) is 0 Å². The lowest BCUT2D eigenvalue weighted by molar-refractivity contribution is -0.274. The van der Waals surface area contributed by atoms with Crippen LogP contribution in [0, 0.1) is 6.92 Å². The Morgan fingerprint density at radius 2 is 2.00 bits per heavy atom. The highest BCUT2D eigenvalue weighted by Gasteiger charge is 2.31. The average Bonchev–Trinajstić information content (AvgIpc) is 2.80. The third-order valence-electron chi connectivity index (χ3n) is 3.48. The van der Waals surface area contributed by atoms with Crippen LogP contribution < -0.4 is 10.1 Å². The normalized spacial score (nSPS) is 18.0. The number of aryl methyl sites for hydroxylation is 1. The summed E-state index contributed by atoms with van der Waals surface area (Å²) in [7, 11) is 0. The number of aromatic nitrogens is 2. The predicted molar refractivity (Wildman–Crippen MR) is 71.3 cm³/mol. The molecule has 4 nitrogen and oxygen atoms in total. The number of alkyl halides is 3. The fraction of sp³-hybridized carbons (Fsp3) is 0.357. The van der Waals surface area contributed by atoms with E-state index in [1.165, 1.54) is 12.1 Å². The highest BCUT2D eigenvalue weighted by molar-refractivity contribution is 5.46. The van der Waals surface area contributed by atoms with Crippen molar-refractivity contribution in [1.82, 2.24) is 9.78 Å². The Balaban J connectivity index is 1.85. The Morgan fingerprint density at radius 3 is 2.67 bits per heavy atom. The van der Waals surface area contributed by atoms with E-state index in [2.05, 4.69) is 15.2 Å². The molecule has 0 saturated carbocycles. The van der Waals surface area contributed by atoms with Crippen LogP contribution in [0.1, 0.15) is 23.6 Å². The van der Waals surface area contributed by atoms with E-state index >= 15 is 0 Å². The van der Waals surface area contributed by atoms with Crippen molar-refractivity contribution in [1.29, 1.82) is 0 Å². The minimum atomic E-state index is -4.66. The minimum absolute atomic E-state index is 0.0230. The highest BCUT2D eigenvalue weighted by Crippen LogP contribution is 2.32. The van der Waals surface area contributed by atoms with Gasteiger partial charge in [0.15, 0.2) is 0 Å². The fourth-order valence-corrected chi connectivity index (χ4v) is 2.55. The zero-order valence-electron chi connectivity index (χ0n) is 11.3. The maximum Gasteiger partial charge on any atom is 0.573 e. The molecule has 2 aromatic rings. The molecule has 0 fully saturated rings. The molecule has 7 heteroatoms. The van der Waals surface area contributed by atoms with Crippen molar-refractivity contribution < 1.29 is 17.9 Å². The van der Waals surface area contributed by atoms with Crippen LogP contribution in [0.2, 0.25) is 0 Å². The summed E-state index contributed by atoms with van der Waals surface area (Å²) in [5.74, 6) is 0.749. The second-order valence-corrected chi connectivity index (χ2v) is 4.97. The van der Waals surface area contributed by atoms with Gasteiger partial charge in [0.1, 0.15) is 11.6 Å². The second kappa shape index (κ2) is 4.98. The minimum Gasteiger partial charge on any atom is -0.406 e. The van der Waals surface area contributed by atoms with Gasteiger partial charge in [-0.25, -0.2) is 4.68 Å². The van der Waals surface area contributed by atoms with Gasteiger partial charge < -0.3 is 10.1 Å². The Hall–Kier alpha value is -2.18. The molecule has 21 heavy (non-hydrogen) atoms. The summed E-state index contributed by atoms with van der Waals surface area (Å²) in [6, 6.07) is 5.99. The number of benzene rings is 1. The fourth-order valence-electron chi connectivity index (χ4n) is 2.55. The molecule has 1 aromatic heterocycles. The number of hydrogen-bond acceptors (Lipinski definition) is 3. The molecule has 0 bridgehead atoms. The molecule has 0 radical (unpaired) electrons. The quantitative estimate of drug-likeness (QED) is 0.922. The lowest BCUT2D eigenvalue weighted by atomic mass is 10.0. The van der Waals surface area contributed by atoms with Gasteiger partial charge in [-0.1, -0.05) is 12.1 Å². The zero-order chi connectivity index (χ0) is 15.0. The van der Waals surface area contributed by atoms with Crippen molar-refractivity contribution in [2.45, 2.75) is 25.7 Å². The maximum absolute atomic E-state index is 12.2. The number of anilines is 1. The molecular formula is C14H14F3N3O. The first-order valence-corrected chi connectivity index (χ1v) is 6.58. The van der Waals surface area contributed by atoms with E-state index in [4.69, 9.17) is 0 Å². The standard InChI is InChI=1S/C14H14F3N3O/c1-9-8-19-20-12(6-7-18-13(9)20)10-2-4-11(5-3-10)21-14(15,16)17/h2-5,8,12,18H,6-7H2,1H3. The molecule has 1 aliphatic heterocycles. The molecule has 1 unspecified atom stereocenters. The van der Waals surface area contributed by atoms with Crippen LogP contribution in [-0.2, 0) is 0 Å². The van der Waals surface area contributed by atoms with Crippen LogP contribution in [-0.4, -0.2) is 22.7 Å². The molecule has 1 aromatic carbocycles. The van der Waals surface area contributed by atoms with Crippen molar-refractivity contribution in [3.63, 3.8) is 0 Å². The van der Waals surface area contributed by atoms with Gasteiger partial charge in [-0.05, 0) is 31.0 Å². The summed E-state index contributed by atoms with van der Waals surface area (Å²) in [4.78, 5) is 0. The van der Waals surface area contributed by atoms with Crippen LogP contribution in [0.3, 0.4) is 0 Å². The van der Waals surface area contributed by atoms with Crippen molar-refractivity contribution in [2.75, 3.05) is 11.9 Å². The second-order valence-electron chi connectivity index (χ2n) is 4.97. The molecule has 0 saturated heterocycles. The maximum atomic E-state index is 12.2. The summed E-state index contributed by atoms with van der Waals surface area (Å²) < 4.78 is 42.2. The molecule has 0 spiro atoms. The highest BCUT2D eigenvalue weighted by atomic mass is 19.4. The number of nitrogens with zero attached hydrogens (tertiary/aromatic N) is 2. The molecule has 112 valence electrons. The largest absolute Gasteiger partial charge is 0.573 e. The van der Waals surface area contributed by atoms with Gasteiger partial charge in [0.2, 0.25) is 0 Å². The van der Waals surface area contributed by atoms with Gasteiger partial charge in [0, 0.05) is 12.1 Å². The number of halogens is 3. The van der Waals surface area contributed by atoms with Crippen LogP contribution in [0.4, 0.5) is 19.0 Å². The number of hydrogen-bond donors (Lipinski definition) is 1. The number of rotatable bonds is 2. The first-order valence-electron chi connectivity index (χ1n) is 6.58. The molecule has 0 aliphatic carbocycles. The van der Waals surface area contributed by atoms with E-state index in [-0.39, 0.29) is 11.8 Å². The van der Waals surface area contributed by atoms with Crippen molar-refractivity contribution in [2.24, 2.45) is 0 Å². The molecule has 1 aliphatic rings. The van der Waals surface area contributed by atoms with Crippen molar-refractivity contribution in [3.8, 4) is 5.75 Å². The van der Waals surface area contributed by atoms with Gasteiger partial charge in [0.05, 0.1) is 12.2 Å². The van der Waals surface area contributed by atoms with E-state index in [0.717, 1.165) is 29.9 Å². The van der Waals surface area contributed by atoms with E-state index in [0.29, 0.717) is 0 Å².